The number of benzene rings is 2. The highest BCUT2D eigenvalue weighted by Gasteiger charge is 2.24. The lowest BCUT2D eigenvalue weighted by Gasteiger charge is -2.15. The largest absolute Gasteiger partial charge is 0.455 e. The number of nitrogens with zero attached hydrogens (tertiary/aromatic N) is 1. The number of pyridine rings is 1. The summed E-state index contributed by atoms with van der Waals surface area (Å²) in [6, 6.07) is 17.2. The maximum Gasteiger partial charge on any atom is 0.216 e. The fourth-order valence-corrected chi connectivity index (χ4v) is 4.68. The Morgan fingerprint density at radius 2 is 1.64 bits per heavy atom. The molecule has 0 radical (unpaired) electrons. The molecule has 0 bridgehead atoms. The molecule has 0 saturated carbocycles. The molecule has 0 aliphatic rings. The predicted molar refractivity (Wildman–Crippen MR) is 108 cm³/mol. The summed E-state index contributed by atoms with van der Waals surface area (Å²) >= 11 is 0. The molecule has 0 amide bonds. The topological polar surface area (TPSA) is 17.0 Å². The highest BCUT2D eigenvalue weighted by molar-refractivity contribution is 6.88. The van der Waals surface area contributed by atoms with Gasteiger partial charge in [0.25, 0.3) is 0 Å². The Balaban J connectivity index is 2.02. The van der Waals surface area contributed by atoms with Gasteiger partial charge in [-0.2, -0.15) is 0 Å². The first kappa shape index (κ1) is 16.1. The van der Waals surface area contributed by atoms with E-state index in [-0.39, 0.29) is 0 Å². The molecule has 0 atom stereocenters. The minimum Gasteiger partial charge on any atom is -0.455 e. The summed E-state index contributed by atoms with van der Waals surface area (Å²) in [4.78, 5) is 0. The fraction of sp³-hybridized carbons (Fsp3) is 0.227. The van der Waals surface area contributed by atoms with Crippen LogP contribution in [0.3, 0.4) is 0 Å². The zero-order chi connectivity index (χ0) is 17.8. The zero-order valence-corrected chi connectivity index (χ0v) is 16.6. The third kappa shape index (κ3) is 2.59. The minimum atomic E-state index is -1.33. The van der Waals surface area contributed by atoms with E-state index in [1.54, 1.807) is 0 Å². The van der Waals surface area contributed by atoms with Crippen molar-refractivity contribution in [3.63, 3.8) is 0 Å². The molecule has 0 unspecified atom stereocenters. The van der Waals surface area contributed by atoms with Crippen LogP contribution in [0.5, 0.6) is 0 Å². The van der Waals surface area contributed by atoms with E-state index in [0.717, 1.165) is 11.2 Å². The Hall–Kier alpha value is -2.39. The molecule has 0 aliphatic heterocycles. The van der Waals surface area contributed by atoms with Crippen LogP contribution in [-0.4, -0.2) is 8.07 Å². The summed E-state index contributed by atoms with van der Waals surface area (Å²) in [5.74, 6) is 0. The standard InChI is InChI=1S/C22H24NOSi/c1-15-10-12-18-17-8-6-7-9-20(17)24-22(18)21(15)19-13-11-16(14-23(19)2)25(3,4)5/h6-14H,1-5H3/q+1. The number of furan rings is 1. The van der Waals surface area contributed by atoms with Crippen molar-refractivity contribution in [3.8, 4) is 11.3 Å². The Kier molecular flexibility index (Phi) is 3.58. The maximum atomic E-state index is 6.27. The third-order valence-corrected chi connectivity index (χ3v) is 7.04. The van der Waals surface area contributed by atoms with Gasteiger partial charge in [-0.3, -0.25) is 0 Å². The number of fused-ring (bicyclic) bond motifs is 3. The van der Waals surface area contributed by atoms with Crippen LogP contribution in [0.1, 0.15) is 5.56 Å². The molecule has 25 heavy (non-hydrogen) atoms. The van der Waals surface area contributed by atoms with Crippen molar-refractivity contribution in [1.82, 2.24) is 0 Å². The van der Waals surface area contributed by atoms with Gasteiger partial charge in [-0.25, -0.2) is 4.57 Å². The van der Waals surface area contributed by atoms with Gasteiger partial charge in [-0.05, 0) is 18.6 Å². The van der Waals surface area contributed by atoms with Crippen LogP contribution in [-0.2, 0) is 7.05 Å². The quantitative estimate of drug-likeness (QED) is 0.371. The number of para-hydroxylation sites is 1. The molecule has 0 fully saturated rings. The lowest BCUT2D eigenvalue weighted by atomic mass is 10.0. The van der Waals surface area contributed by atoms with Crippen LogP contribution in [0.2, 0.25) is 19.6 Å². The predicted octanol–water partition coefficient (Wildman–Crippen LogP) is 4.93. The van der Waals surface area contributed by atoms with Gasteiger partial charge in [0.2, 0.25) is 5.69 Å². The first-order valence-corrected chi connectivity index (χ1v) is 12.3. The van der Waals surface area contributed by atoms with Crippen molar-refractivity contribution in [2.24, 2.45) is 7.05 Å². The van der Waals surface area contributed by atoms with E-state index in [9.17, 15) is 0 Å². The van der Waals surface area contributed by atoms with Gasteiger partial charge >= 0.3 is 0 Å². The highest BCUT2D eigenvalue weighted by atomic mass is 28.3. The maximum absolute atomic E-state index is 6.27. The molecule has 2 heterocycles. The van der Waals surface area contributed by atoms with Gasteiger partial charge in [0.1, 0.15) is 18.2 Å². The molecule has 0 spiro atoms. The number of rotatable bonds is 2. The van der Waals surface area contributed by atoms with Crippen molar-refractivity contribution in [2.45, 2.75) is 26.6 Å². The first-order chi connectivity index (χ1) is 11.9. The molecule has 2 aromatic carbocycles. The average molecular weight is 347 g/mol. The summed E-state index contributed by atoms with van der Waals surface area (Å²) in [5.41, 5.74) is 5.56. The van der Waals surface area contributed by atoms with Crippen molar-refractivity contribution in [3.05, 3.63) is 60.3 Å². The summed E-state index contributed by atoms with van der Waals surface area (Å²) in [6.07, 6.45) is 2.29. The number of hydrogen-bond acceptors (Lipinski definition) is 1. The smallest absolute Gasteiger partial charge is 0.216 e. The molecule has 2 nitrogen and oxygen atoms in total. The summed E-state index contributed by atoms with van der Waals surface area (Å²) in [6.45, 7) is 9.31. The van der Waals surface area contributed by atoms with Crippen LogP contribution in [0.25, 0.3) is 33.2 Å². The number of aryl methyl sites for hydroxylation is 2. The third-order valence-electron chi connectivity index (χ3n) is 5.01. The van der Waals surface area contributed by atoms with Gasteiger partial charge in [0, 0.05) is 22.0 Å². The lowest BCUT2D eigenvalue weighted by Crippen LogP contribution is -2.45. The zero-order valence-electron chi connectivity index (χ0n) is 15.6. The second-order valence-electron chi connectivity index (χ2n) is 7.90. The molecule has 0 saturated heterocycles. The molecule has 126 valence electrons. The number of aromatic nitrogens is 1. The van der Waals surface area contributed by atoms with E-state index >= 15 is 0 Å². The molecule has 0 N–H and O–H groups in total. The number of hydrogen-bond donors (Lipinski definition) is 0. The van der Waals surface area contributed by atoms with Gasteiger partial charge in [-0.1, -0.05) is 56.0 Å². The minimum absolute atomic E-state index is 0.950. The van der Waals surface area contributed by atoms with Crippen LogP contribution < -0.4 is 9.75 Å². The fourth-order valence-electron chi connectivity index (χ4n) is 3.52. The van der Waals surface area contributed by atoms with Crippen molar-refractivity contribution in [1.29, 1.82) is 0 Å². The first-order valence-electron chi connectivity index (χ1n) is 8.77. The lowest BCUT2D eigenvalue weighted by molar-refractivity contribution is -0.659. The second-order valence-corrected chi connectivity index (χ2v) is 13.0. The Morgan fingerprint density at radius 3 is 2.36 bits per heavy atom. The monoisotopic (exact) mass is 346 g/mol. The normalized spacial score (nSPS) is 12.2. The van der Waals surface area contributed by atoms with E-state index in [1.165, 1.54) is 32.8 Å². The summed E-state index contributed by atoms with van der Waals surface area (Å²) in [5, 5.41) is 3.83. The molecule has 3 heteroatoms. The van der Waals surface area contributed by atoms with Crippen molar-refractivity contribution < 1.29 is 8.98 Å². The van der Waals surface area contributed by atoms with Crippen LogP contribution >= 0.6 is 0 Å². The molecule has 4 aromatic rings. The van der Waals surface area contributed by atoms with Gasteiger partial charge in [-0.15, -0.1) is 0 Å². The molecular weight excluding hydrogens is 322 g/mol. The second kappa shape index (κ2) is 5.56. The van der Waals surface area contributed by atoms with E-state index < -0.39 is 8.07 Å². The van der Waals surface area contributed by atoms with Crippen LogP contribution in [0.15, 0.2) is 59.1 Å². The SMILES string of the molecule is Cc1ccc2c(oc3ccccc32)c1-c1ccc([Si](C)(C)C)c[n+]1C. The molecule has 4 rings (SSSR count). The molecule has 0 aliphatic carbocycles. The average Bonchev–Trinajstić information content (AvgIpc) is 2.93. The van der Waals surface area contributed by atoms with E-state index in [2.05, 4.69) is 80.8 Å². The van der Waals surface area contributed by atoms with Gasteiger partial charge in [0.15, 0.2) is 6.20 Å². The Labute approximate surface area is 149 Å². The van der Waals surface area contributed by atoms with E-state index in [4.69, 9.17) is 4.42 Å². The van der Waals surface area contributed by atoms with Crippen molar-refractivity contribution in [2.75, 3.05) is 0 Å². The Morgan fingerprint density at radius 1 is 0.880 bits per heavy atom. The van der Waals surface area contributed by atoms with E-state index in [0.29, 0.717) is 0 Å². The summed E-state index contributed by atoms with van der Waals surface area (Å²) in [7, 11) is 0.812. The van der Waals surface area contributed by atoms with Crippen LogP contribution in [0.4, 0.5) is 0 Å². The van der Waals surface area contributed by atoms with Gasteiger partial charge < -0.3 is 4.42 Å². The summed E-state index contributed by atoms with van der Waals surface area (Å²) < 4.78 is 8.52. The molecule has 2 aromatic heterocycles. The van der Waals surface area contributed by atoms with E-state index in [1.807, 2.05) is 12.1 Å². The van der Waals surface area contributed by atoms with Crippen LogP contribution in [0, 0.1) is 6.92 Å². The van der Waals surface area contributed by atoms with Gasteiger partial charge in [0.05, 0.1) is 13.6 Å². The Bertz CT molecular complexity index is 1100. The van der Waals surface area contributed by atoms with Crippen molar-refractivity contribution >= 4 is 35.2 Å². The molecular formula is C22H24NOSi+. The highest BCUT2D eigenvalue weighted by Crippen LogP contribution is 2.36.